The molecule has 34 heavy (non-hydrogen) atoms. The van der Waals surface area contributed by atoms with Crippen molar-refractivity contribution in [2.24, 2.45) is 0 Å². The van der Waals surface area contributed by atoms with Crippen LogP contribution in [0.1, 0.15) is 35.0 Å². The van der Waals surface area contributed by atoms with Crippen LogP contribution in [0.15, 0.2) is 53.3 Å². The summed E-state index contributed by atoms with van der Waals surface area (Å²) in [5.41, 5.74) is 4.73. The Bertz CT molecular complexity index is 1340. The van der Waals surface area contributed by atoms with E-state index in [4.69, 9.17) is 4.74 Å². The highest BCUT2D eigenvalue weighted by Crippen LogP contribution is 2.17. The van der Waals surface area contributed by atoms with Crippen LogP contribution in [0.3, 0.4) is 0 Å². The first-order valence-electron chi connectivity index (χ1n) is 11.2. The van der Waals surface area contributed by atoms with E-state index in [0.717, 1.165) is 22.0 Å². The van der Waals surface area contributed by atoms with Gasteiger partial charge in [0.2, 0.25) is 0 Å². The molecule has 176 valence electrons. The van der Waals surface area contributed by atoms with Gasteiger partial charge in [-0.25, -0.2) is 4.68 Å². The van der Waals surface area contributed by atoms with Crippen molar-refractivity contribution in [3.05, 3.63) is 87.0 Å². The first kappa shape index (κ1) is 23.3. The number of fused-ring (bicyclic) bond motifs is 1. The molecule has 4 aromatic rings. The number of hydrogen-bond donors (Lipinski definition) is 1. The number of aromatic nitrogens is 5. The number of esters is 1. The lowest BCUT2D eigenvalue weighted by atomic mass is 10.1. The fraction of sp³-hybridized carbons (Fsp3) is 0.320. The number of pyridine rings is 1. The lowest BCUT2D eigenvalue weighted by molar-refractivity contribution is -0.144. The highest BCUT2D eigenvalue weighted by molar-refractivity contribution is 5.79. The Morgan fingerprint density at radius 3 is 2.56 bits per heavy atom. The van der Waals surface area contributed by atoms with E-state index in [9.17, 15) is 9.59 Å². The van der Waals surface area contributed by atoms with Gasteiger partial charge in [0.1, 0.15) is 6.54 Å². The molecule has 0 atom stereocenters. The van der Waals surface area contributed by atoms with Crippen molar-refractivity contribution in [1.29, 1.82) is 0 Å². The van der Waals surface area contributed by atoms with Crippen molar-refractivity contribution in [1.82, 2.24) is 30.1 Å². The number of aromatic amines is 1. The summed E-state index contributed by atoms with van der Waals surface area (Å²) < 4.78 is 6.47. The van der Waals surface area contributed by atoms with E-state index < -0.39 is 5.97 Å². The molecule has 0 fully saturated rings. The molecule has 0 aliphatic heterocycles. The zero-order valence-corrected chi connectivity index (χ0v) is 19.6. The average molecular weight is 461 g/mol. The first-order valence-corrected chi connectivity index (χ1v) is 11.2. The molecule has 2 aromatic heterocycles. The zero-order chi connectivity index (χ0) is 24.1. The lowest BCUT2D eigenvalue weighted by Gasteiger charge is -2.22. The quantitative estimate of drug-likeness (QED) is 0.383. The van der Waals surface area contributed by atoms with E-state index in [2.05, 4.69) is 55.7 Å². The Labute approximate surface area is 197 Å². The summed E-state index contributed by atoms with van der Waals surface area (Å²) in [6.45, 7) is 7.37. The van der Waals surface area contributed by atoms with Crippen molar-refractivity contribution in [2.45, 2.75) is 47.0 Å². The Hall–Kier alpha value is -3.85. The van der Waals surface area contributed by atoms with Crippen molar-refractivity contribution in [3.63, 3.8) is 0 Å². The highest BCUT2D eigenvalue weighted by Gasteiger charge is 2.17. The number of aryl methyl sites for hydroxylation is 2. The molecule has 0 spiro atoms. The van der Waals surface area contributed by atoms with Gasteiger partial charge in [0.25, 0.3) is 5.56 Å². The summed E-state index contributed by atoms with van der Waals surface area (Å²) in [6.07, 6.45) is 0. The molecule has 1 N–H and O–H groups in total. The number of hydrogen-bond acceptors (Lipinski definition) is 7. The minimum atomic E-state index is -0.400. The van der Waals surface area contributed by atoms with Gasteiger partial charge < -0.3 is 9.72 Å². The van der Waals surface area contributed by atoms with Gasteiger partial charge in [-0.05, 0) is 60.3 Å². The van der Waals surface area contributed by atoms with Crippen LogP contribution < -0.4 is 5.56 Å². The second-order valence-corrected chi connectivity index (χ2v) is 8.40. The first-order chi connectivity index (χ1) is 16.4. The Morgan fingerprint density at radius 1 is 1.03 bits per heavy atom. The zero-order valence-electron chi connectivity index (χ0n) is 19.6. The number of H-pyrrole nitrogens is 1. The van der Waals surface area contributed by atoms with Crippen LogP contribution >= 0.6 is 0 Å². The van der Waals surface area contributed by atoms with E-state index >= 15 is 0 Å². The average Bonchev–Trinajstić information content (AvgIpc) is 3.22. The molecule has 0 aliphatic rings. The molecule has 2 aromatic carbocycles. The van der Waals surface area contributed by atoms with E-state index in [1.165, 1.54) is 10.2 Å². The minimum absolute atomic E-state index is 0.0651. The Kier molecular flexibility index (Phi) is 7.12. The smallest absolute Gasteiger partial charge is 0.327 e. The number of carbonyl (C=O) groups excluding carboxylic acids is 1. The van der Waals surface area contributed by atoms with Crippen LogP contribution in [-0.4, -0.2) is 42.7 Å². The molecular formula is C25H28N6O3. The normalized spacial score (nSPS) is 11.3. The van der Waals surface area contributed by atoms with Crippen molar-refractivity contribution in [3.8, 4) is 0 Å². The third-order valence-electron chi connectivity index (χ3n) is 5.55. The van der Waals surface area contributed by atoms with Gasteiger partial charge in [0.05, 0.1) is 13.2 Å². The molecular weight excluding hydrogens is 432 g/mol. The van der Waals surface area contributed by atoms with E-state index in [-0.39, 0.29) is 12.1 Å². The molecule has 4 rings (SSSR count). The number of nitrogens with zero attached hydrogens (tertiary/aromatic N) is 5. The summed E-state index contributed by atoms with van der Waals surface area (Å²) >= 11 is 0. The summed E-state index contributed by atoms with van der Waals surface area (Å²) in [5.74, 6) is 0.121. The maximum atomic E-state index is 12.8. The van der Waals surface area contributed by atoms with Gasteiger partial charge in [0, 0.05) is 24.2 Å². The van der Waals surface area contributed by atoms with Crippen LogP contribution in [-0.2, 0) is 35.7 Å². The third-order valence-corrected chi connectivity index (χ3v) is 5.55. The summed E-state index contributed by atoms with van der Waals surface area (Å²) in [7, 11) is 0. The standard InChI is InChI=1S/C25H28N6O3/c1-4-34-24(32)16-31-23(27-28-29-31)15-30(13-19-8-5-17(2)6-9-19)14-21-12-20-11-18(3)7-10-22(20)26-25(21)33/h5-12H,4,13-16H2,1-3H3,(H,26,33). The highest BCUT2D eigenvalue weighted by atomic mass is 16.5. The number of rotatable bonds is 9. The monoisotopic (exact) mass is 460 g/mol. The molecule has 9 nitrogen and oxygen atoms in total. The van der Waals surface area contributed by atoms with Crippen molar-refractivity contribution < 1.29 is 9.53 Å². The molecule has 0 saturated heterocycles. The van der Waals surface area contributed by atoms with E-state index in [1.807, 2.05) is 32.0 Å². The van der Waals surface area contributed by atoms with Gasteiger partial charge in [-0.1, -0.05) is 41.5 Å². The number of ether oxygens (including phenoxy) is 1. The second-order valence-electron chi connectivity index (χ2n) is 8.40. The van der Waals surface area contributed by atoms with Crippen LogP contribution in [0.4, 0.5) is 0 Å². The van der Waals surface area contributed by atoms with Crippen molar-refractivity contribution >= 4 is 16.9 Å². The second kappa shape index (κ2) is 10.4. The topological polar surface area (TPSA) is 106 Å². The molecule has 2 heterocycles. The predicted octanol–water partition coefficient (Wildman–Crippen LogP) is 2.90. The summed E-state index contributed by atoms with van der Waals surface area (Å²) in [5, 5.41) is 12.8. The largest absolute Gasteiger partial charge is 0.465 e. The minimum Gasteiger partial charge on any atom is -0.465 e. The van der Waals surface area contributed by atoms with Crippen LogP contribution in [0.5, 0.6) is 0 Å². The maximum Gasteiger partial charge on any atom is 0.327 e. The van der Waals surface area contributed by atoms with Crippen LogP contribution in [0.2, 0.25) is 0 Å². The SMILES string of the molecule is CCOC(=O)Cn1nnnc1CN(Cc1ccc(C)cc1)Cc1cc2cc(C)ccc2[nH]c1=O. The lowest BCUT2D eigenvalue weighted by Crippen LogP contribution is -2.28. The predicted molar refractivity (Wildman–Crippen MR) is 128 cm³/mol. The molecule has 0 saturated carbocycles. The molecule has 9 heteroatoms. The Morgan fingerprint density at radius 2 is 1.79 bits per heavy atom. The fourth-order valence-corrected chi connectivity index (χ4v) is 3.84. The fourth-order valence-electron chi connectivity index (χ4n) is 3.84. The summed E-state index contributed by atoms with van der Waals surface area (Å²) in [6, 6.07) is 16.1. The summed E-state index contributed by atoms with van der Waals surface area (Å²) in [4.78, 5) is 29.9. The Balaban J connectivity index is 1.63. The van der Waals surface area contributed by atoms with Gasteiger partial charge in [0.15, 0.2) is 5.82 Å². The van der Waals surface area contributed by atoms with Crippen molar-refractivity contribution in [2.75, 3.05) is 6.61 Å². The number of tetrazole rings is 1. The molecule has 0 bridgehead atoms. The third kappa shape index (κ3) is 5.74. The number of nitrogens with one attached hydrogen (secondary N) is 1. The van der Waals surface area contributed by atoms with Gasteiger partial charge >= 0.3 is 5.97 Å². The number of carbonyl (C=O) groups is 1. The number of benzene rings is 2. The van der Waals surface area contributed by atoms with Gasteiger partial charge in [-0.3, -0.25) is 14.5 Å². The molecule has 0 radical (unpaired) electrons. The maximum absolute atomic E-state index is 12.8. The van der Waals surface area contributed by atoms with Crippen LogP contribution in [0.25, 0.3) is 10.9 Å². The molecule has 0 amide bonds. The molecule has 0 aliphatic carbocycles. The van der Waals surface area contributed by atoms with Gasteiger partial charge in [-0.2, -0.15) is 0 Å². The van der Waals surface area contributed by atoms with Gasteiger partial charge in [-0.15, -0.1) is 5.10 Å². The molecule has 0 unspecified atom stereocenters. The van der Waals surface area contributed by atoms with Crippen LogP contribution in [0, 0.1) is 13.8 Å². The van der Waals surface area contributed by atoms with E-state index in [0.29, 0.717) is 37.6 Å². The van der Waals surface area contributed by atoms with E-state index in [1.54, 1.807) is 6.92 Å².